The molecule has 0 aliphatic rings. The molecule has 0 unspecified atom stereocenters. The molecule has 1 heterocycles. The summed E-state index contributed by atoms with van der Waals surface area (Å²) in [5.74, 6) is -0.542. The first-order chi connectivity index (χ1) is 13.6. The fourth-order valence-corrected chi connectivity index (χ4v) is 3.75. The van der Waals surface area contributed by atoms with Gasteiger partial charge in [0, 0.05) is 11.6 Å². The first kappa shape index (κ1) is 23.4. The highest BCUT2D eigenvalue weighted by Crippen LogP contribution is 2.27. The van der Waals surface area contributed by atoms with Crippen LogP contribution in [0.1, 0.15) is 41.7 Å². The van der Waals surface area contributed by atoms with E-state index >= 15 is 0 Å². The molecule has 2 amide bonds. The molecule has 1 aromatic heterocycles. The van der Waals surface area contributed by atoms with Gasteiger partial charge in [0.05, 0.1) is 18.6 Å². The van der Waals surface area contributed by atoms with Crippen LogP contribution in [0.2, 0.25) is 5.02 Å². The van der Waals surface area contributed by atoms with Crippen molar-refractivity contribution in [3.05, 3.63) is 45.2 Å². The summed E-state index contributed by atoms with van der Waals surface area (Å²) in [6.07, 6.45) is -0.665. The maximum absolute atomic E-state index is 13.2. The van der Waals surface area contributed by atoms with Crippen molar-refractivity contribution < 1.29 is 22.9 Å². The molecular formula is C18H21ClFN3O4S2. The molecule has 2 N–H and O–H groups in total. The third kappa shape index (κ3) is 7.46. The number of nitrogens with zero attached hydrogens (tertiary/aromatic N) is 1. The fourth-order valence-electron chi connectivity index (χ4n) is 2.11. The highest BCUT2D eigenvalue weighted by Gasteiger charge is 2.22. The van der Waals surface area contributed by atoms with E-state index in [0.717, 1.165) is 23.4 Å². The summed E-state index contributed by atoms with van der Waals surface area (Å²) >= 11 is 8.12. The summed E-state index contributed by atoms with van der Waals surface area (Å²) in [7, 11) is 1.51. The van der Waals surface area contributed by atoms with Crippen LogP contribution < -0.4 is 10.6 Å². The lowest BCUT2D eigenvalue weighted by Crippen LogP contribution is -2.27. The lowest BCUT2D eigenvalue weighted by atomic mass is 10.2. The maximum atomic E-state index is 13.2. The number of hydrogen-bond acceptors (Lipinski definition) is 7. The zero-order valence-electron chi connectivity index (χ0n) is 16.3. The molecule has 0 aliphatic heterocycles. The van der Waals surface area contributed by atoms with Gasteiger partial charge < -0.3 is 14.2 Å². The number of nitrogens with one attached hydrogen (secondary N) is 2. The van der Waals surface area contributed by atoms with Crippen LogP contribution >= 0.6 is 35.0 Å². The lowest BCUT2D eigenvalue weighted by molar-refractivity contribution is 0.0635. The van der Waals surface area contributed by atoms with E-state index in [-0.39, 0.29) is 16.7 Å². The number of carbonyl (C=O) groups excluding carboxylic acids is 2. The lowest BCUT2D eigenvalue weighted by Gasteiger charge is -2.18. The number of carbonyl (C=O) groups is 2. The van der Waals surface area contributed by atoms with Gasteiger partial charge in [-0.15, -0.1) is 0 Å². The number of ether oxygens (including phenoxy) is 1. The molecule has 0 saturated heterocycles. The molecule has 158 valence electrons. The van der Waals surface area contributed by atoms with Gasteiger partial charge >= 0.3 is 6.09 Å². The van der Waals surface area contributed by atoms with Gasteiger partial charge in [-0.1, -0.05) is 29.0 Å². The fraction of sp³-hybridized carbons (Fsp3) is 0.389. The van der Waals surface area contributed by atoms with E-state index in [1.807, 2.05) is 0 Å². The van der Waals surface area contributed by atoms with Gasteiger partial charge in [-0.05, 0) is 50.5 Å². The van der Waals surface area contributed by atoms with Crippen molar-refractivity contribution in [3.63, 3.8) is 0 Å². The van der Waals surface area contributed by atoms with E-state index < -0.39 is 23.4 Å². The second-order valence-electron chi connectivity index (χ2n) is 6.77. The van der Waals surface area contributed by atoms with Gasteiger partial charge in [0.2, 0.25) is 0 Å². The van der Waals surface area contributed by atoms with Crippen molar-refractivity contribution in [3.8, 4) is 0 Å². The maximum Gasteiger partial charge on any atom is 0.413 e. The Kier molecular flexibility index (Phi) is 8.26. The van der Waals surface area contributed by atoms with Crippen LogP contribution in [0.15, 0.2) is 18.2 Å². The smallest absolute Gasteiger partial charge is 0.413 e. The highest BCUT2D eigenvalue weighted by atomic mass is 35.5. The largest absolute Gasteiger partial charge is 0.444 e. The highest BCUT2D eigenvalue weighted by molar-refractivity contribution is 7.93. The quantitative estimate of drug-likeness (QED) is 0.563. The summed E-state index contributed by atoms with van der Waals surface area (Å²) in [5, 5.41) is 5.71. The van der Waals surface area contributed by atoms with Crippen LogP contribution in [0.4, 0.5) is 14.3 Å². The third-order valence-corrected chi connectivity index (χ3v) is 5.27. The van der Waals surface area contributed by atoms with E-state index in [4.69, 9.17) is 20.5 Å². The summed E-state index contributed by atoms with van der Waals surface area (Å²) in [6, 6.07) is 3.95. The van der Waals surface area contributed by atoms with Gasteiger partial charge in [0.15, 0.2) is 5.13 Å². The summed E-state index contributed by atoms with van der Waals surface area (Å²) in [6.45, 7) is 5.35. The number of hydrogen-bond donors (Lipinski definition) is 2. The van der Waals surface area contributed by atoms with E-state index in [9.17, 15) is 14.0 Å². The third-order valence-electron chi connectivity index (χ3n) is 3.28. The van der Waals surface area contributed by atoms with Gasteiger partial charge in [0.1, 0.15) is 16.3 Å². The van der Waals surface area contributed by atoms with Crippen molar-refractivity contribution in [1.82, 2.24) is 10.3 Å². The van der Waals surface area contributed by atoms with Crippen molar-refractivity contribution in [2.45, 2.75) is 38.7 Å². The monoisotopic (exact) mass is 461 g/mol. The van der Waals surface area contributed by atoms with Gasteiger partial charge in [-0.2, -0.15) is 0 Å². The number of anilines is 1. The van der Waals surface area contributed by atoms with E-state index in [1.165, 1.54) is 25.3 Å². The Balaban J connectivity index is 2.12. The van der Waals surface area contributed by atoms with Crippen LogP contribution in [0.5, 0.6) is 0 Å². The summed E-state index contributed by atoms with van der Waals surface area (Å²) < 4.78 is 23.3. The molecule has 0 radical (unpaired) electrons. The van der Waals surface area contributed by atoms with E-state index in [1.54, 1.807) is 20.8 Å². The van der Waals surface area contributed by atoms with E-state index in [0.29, 0.717) is 21.9 Å². The predicted molar refractivity (Wildman–Crippen MR) is 113 cm³/mol. The molecule has 0 atom stereocenters. The van der Waals surface area contributed by atoms with Gasteiger partial charge in [-0.3, -0.25) is 10.1 Å². The average Bonchev–Trinajstić information content (AvgIpc) is 2.99. The standard InChI is InChI=1S/C18H21ClFN3O4S2/c1-18(2,3)27-17(25)23-16-22-13(9-28-26-4)14(29-16)15(24)21-8-10-5-6-11(20)7-12(10)19/h5-7H,8-9H2,1-4H3,(H,21,24)(H,22,23,25). The minimum atomic E-state index is -0.665. The topological polar surface area (TPSA) is 89.6 Å². The van der Waals surface area contributed by atoms with Crippen LogP contribution in [0, 0.1) is 5.82 Å². The van der Waals surface area contributed by atoms with Crippen molar-refractivity contribution in [2.75, 3.05) is 12.4 Å². The predicted octanol–water partition coefficient (Wildman–Crippen LogP) is 5.01. The zero-order chi connectivity index (χ0) is 21.6. The Morgan fingerprint density at radius 2 is 2.07 bits per heavy atom. The molecule has 11 heteroatoms. The van der Waals surface area contributed by atoms with Crippen molar-refractivity contribution in [2.24, 2.45) is 0 Å². The summed E-state index contributed by atoms with van der Waals surface area (Å²) in [5.41, 5.74) is 0.367. The molecule has 29 heavy (non-hydrogen) atoms. The second kappa shape index (κ2) is 10.2. The van der Waals surface area contributed by atoms with Crippen LogP contribution in [-0.2, 0) is 21.2 Å². The number of thiazole rings is 1. The van der Waals surface area contributed by atoms with Gasteiger partial charge in [0.25, 0.3) is 5.91 Å². The van der Waals surface area contributed by atoms with E-state index in [2.05, 4.69) is 15.6 Å². The first-order valence-electron chi connectivity index (χ1n) is 8.46. The molecule has 0 spiro atoms. The summed E-state index contributed by atoms with van der Waals surface area (Å²) in [4.78, 5) is 29.2. The molecule has 7 nitrogen and oxygen atoms in total. The first-order valence-corrected chi connectivity index (χ1v) is 10.6. The Morgan fingerprint density at radius 1 is 1.34 bits per heavy atom. The molecule has 0 saturated carbocycles. The van der Waals surface area contributed by atoms with Gasteiger partial charge in [-0.25, -0.2) is 14.2 Å². The Labute approximate surface area is 181 Å². The van der Waals surface area contributed by atoms with Crippen LogP contribution in [-0.4, -0.2) is 29.7 Å². The average molecular weight is 462 g/mol. The Bertz CT molecular complexity index is 886. The number of amides is 2. The SMILES string of the molecule is COSCc1nc(NC(=O)OC(C)(C)C)sc1C(=O)NCc1ccc(F)cc1Cl. The van der Waals surface area contributed by atoms with Crippen molar-refractivity contribution in [1.29, 1.82) is 0 Å². The number of halogens is 2. The number of aromatic nitrogens is 1. The van der Waals surface area contributed by atoms with Crippen molar-refractivity contribution >= 4 is 52.1 Å². The molecule has 0 aliphatic carbocycles. The molecule has 2 aromatic rings. The normalized spacial score (nSPS) is 11.2. The number of rotatable bonds is 7. The van der Waals surface area contributed by atoms with Crippen LogP contribution in [0.3, 0.4) is 0 Å². The Hall–Kier alpha value is -1.88. The van der Waals surface area contributed by atoms with Crippen LogP contribution in [0.25, 0.3) is 0 Å². The molecule has 0 bridgehead atoms. The minimum Gasteiger partial charge on any atom is -0.444 e. The number of benzene rings is 1. The molecule has 0 fully saturated rings. The Morgan fingerprint density at radius 3 is 2.69 bits per heavy atom. The molecule has 1 aromatic carbocycles. The molecular weight excluding hydrogens is 441 g/mol. The molecule has 2 rings (SSSR count). The minimum absolute atomic E-state index is 0.113. The zero-order valence-corrected chi connectivity index (χ0v) is 18.7. The second-order valence-corrected chi connectivity index (χ2v) is 9.03.